The van der Waals surface area contributed by atoms with Crippen molar-refractivity contribution in [1.29, 1.82) is 0 Å². The molecule has 1 aromatic carbocycles. The Morgan fingerprint density at radius 2 is 2.32 bits per heavy atom. The highest BCUT2D eigenvalue weighted by Gasteiger charge is 2.27. The monoisotopic (exact) mass is 282 g/mol. The topological polar surface area (TPSA) is 24.5 Å². The highest BCUT2D eigenvalue weighted by Crippen LogP contribution is 2.26. The van der Waals surface area contributed by atoms with Crippen molar-refractivity contribution in [1.82, 2.24) is 10.2 Å². The zero-order valence-corrected chi connectivity index (χ0v) is 12.7. The molecule has 1 aliphatic rings. The summed E-state index contributed by atoms with van der Waals surface area (Å²) in [5.41, 5.74) is 2.32. The third-order valence-electron chi connectivity index (χ3n) is 3.65. The Hall–Kier alpha value is -0.610. The van der Waals surface area contributed by atoms with Crippen molar-refractivity contribution in [2.75, 3.05) is 33.3 Å². The molecule has 0 amide bonds. The summed E-state index contributed by atoms with van der Waals surface area (Å²) >= 11 is 6.25. The predicted octanol–water partition coefficient (Wildman–Crippen LogP) is 2.63. The SMILES string of the molecule is CCNC(c1ccc(C)c(Cl)c1)C1CN(C)CCO1. The van der Waals surface area contributed by atoms with Crippen LogP contribution in [-0.4, -0.2) is 44.3 Å². The van der Waals surface area contributed by atoms with Gasteiger partial charge in [0.05, 0.1) is 18.8 Å². The van der Waals surface area contributed by atoms with E-state index in [-0.39, 0.29) is 12.1 Å². The number of nitrogens with zero attached hydrogens (tertiary/aromatic N) is 1. The zero-order chi connectivity index (χ0) is 13.8. The summed E-state index contributed by atoms with van der Waals surface area (Å²) in [7, 11) is 2.14. The van der Waals surface area contributed by atoms with Crippen molar-refractivity contribution in [3.63, 3.8) is 0 Å². The molecule has 0 saturated carbocycles. The van der Waals surface area contributed by atoms with Crippen LogP contribution in [0.2, 0.25) is 5.02 Å². The molecule has 19 heavy (non-hydrogen) atoms. The van der Waals surface area contributed by atoms with E-state index in [1.54, 1.807) is 0 Å². The molecule has 0 aliphatic carbocycles. The highest BCUT2D eigenvalue weighted by atomic mass is 35.5. The number of morpholine rings is 1. The second kappa shape index (κ2) is 6.71. The average molecular weight is 283 g/mol. The summed E-state index contributed by atoms with van der Waals surface area (Å²) in [6.45, 7) is 7.81. The Labute approximate surface area is 120 Å². The van der Waals surface area contributed by atoms with Gasteiger partial charge in [-0.2, -0.15) is 0 Å². The fraction of sp³-hybridized carbons (Fsp3) is 0.600. The van der Waals surface area contributed by atoms with Gasteiger partial charge in [0.25, 0.3) is 0 Å². The second-order valence-corrected chi connectivity index (χ2v) is 5.62. The lowest BCUT2D eigenvalue weighted by molar-refractivity contribution is -0.0390. The summed E-state index contributed by atoms with van der Waals surface area (Å²) in [5.74, 6) is 0. The minimum atomic E-state index is 0.178. The van der Waals surface area contributed by atoms with E-state index < -0.39 is 0 Å². The van der Waals surface area contributed by atoms with Gasteiger partial charge in [-0.3, -0.25) is 0 Å². The van der Waals surface area contributed by atoms with Crippen LogP contribution in [0, 0.1) is 6.92 Å². The molecule has 2 unspecified atom stereocenters. The smallest absolute Gasteiger partial charge is 0.0896 e. The Kier molecular flexibility index (Phi) is 5.22. The first kappa shape index (κ1) is 14.8. The number of benzene rings is 1. The van der Waals surface area contributed by atoms with Gasteiger partial charge in [0.2, 0.25) is 0 Å². The molecule has 2 rings (SSSR count). The van der Waals surface area contributed by atoms with Gasteiger partial charge in [0.15, 0.2) is 0 Å². The van der Waals surface area contributed by atoms with Crippen molar-refractivity contribution >= 4 is 11.6 Å². The van der Waals surface area contributed by atoms with Crippen LogP contribution in [0.3, 0.4) is 0 Å². The van der Waals surface area contributed by atoms with Gasteiger partial charge in [0, 0.05) is 18.1 Å². The lowest BCUT2D eigenvalue weighted by Crippen LogP contribution is -2.46. The summed E-state index contributed by atoms with van der Waals surface area (Å²) in [5, 5.41) is 4.35. The molecule has 1 aliphatic heterocycles. The fourth-order valence-corrected chi connectivity index (χ4v) is 2.69. The molecule has 0 spiro atoms. The number of hydrogen-bond donors (Lipinski definition) is 1. The first-order chi connectivity index (χ1) is 9.11. The molecule has 1 aromatic rings. The van der Waals surface area contributed by atoms with E-state index >= 15 is 0 Å². The second-order valence-electron chi connectivity index (χ2n) is 5.22. The first-order valence-electron chi connectivity index (χ1n) is 6.91. The molecule has 0 aromatic heterocycles. The van der Waals surface area contributed by atoms with Crippen LogP contribution in [0.15, 0.2) is 18.2 Å². The van der Waals surface area contributed by atoms with Crippen molar-refractivity contribution in [3.05, 3.63) is 34.3 Å². The van der Waals surface area contributed by atoms with E-state index in [2.05, 4.69) is 42.4 Å². The van der Waals surface area contributed by atoms with E-state index in [4.69, 9.17) is 16.3 Å². The molecular weight excluding hydrogens is 260 g/mol. The maximum absolute atomic E-state index is 6.25. The Morgan fingerprint density at radius 3 is 2.95 bits per heavy atom. The van der Waals surface area contributed by atoms with Crippen molar-refractivity contribution in [2.24, 2.45) is 0 Å². The molecule has 3 nitrogen and oxygen atoms in total. The van der Waals surface area contributed by atoms with E-state index in [1.165, 1.54) is 5.56 Å². The van der Waals surface area contributed by atoms with Crippen LogP contribution in [0.1, 0.15) is 24.1 Å². The Morgan fingerprint density at radius 1 is 1.53 bits per heavy atom. The minimum absolute atomic E-state index is 0.178. The number of nitrogens with one attached hydrogen (secondary N) is 1. The van der Waals surface area contributed by atoms with Crippen LogP contribution < -0.4 is 5.32 Å². The highest BCUT2D eigenvalue weighted by molar-refractivity contribution is 6.31. The third kappa shape index (κ3) is 3.69. The molecule has 106 valence electrons. The number of rotatable bonds is 4. The van der Waals surface area contributed by atoms with Gasteiger partial charge in [-0.25, -0.2) is 0 Å². The van der Waals surface area contributed by atoms with Gasteiger partial charge >= 0.3 is 0 Å². The normalized spacial score (nSPS) is 22.4. The van der Waals surface area contributed by atoms with Crippen LogP contribution in [0.5, 0.6) is 0 Å². The van der Waals surface area contributed by atoms with Crippen molar-refractivity contribution < 1.29 is 4.74 Å². The van der Waals surface area contributed by atoms with Crippen LogP contribution in [0.25, 0.3) is 0 Å². The van der Waals surface area contributed by atoms with Crippen molar-refractivity contribution in [2.45, 2.75) is 26.0 Å². The molecule has 1 fully saturated rings. The van der Waals surface area contributed by atoms with Crippen LogP contribution >= 0.6 is 11.6 Å². The first-order valence-corrected chi connectivity index (χ1v) is 7.29. The van der Waals surface area contributed by atoms with Crippen LogP contribution in [-0.2, 0) is 4.74 Å². The third-order valence-corrected chi connectivity index (χ3v) is 4.05. The molecule has 1 saturated heterocycles. The lowest BCUT2D eigenvalue weighted by Gasteiger charge is -2.35. The van der Waals surface area contributed by atoms with E-state index in [1.807, 2.05) is 6.92 Å². The number of aryl methyl sites for hydroxylation is 1. The molecule has 0 radical (unpaired) electrons. The van der Waals surface area contributed by atoms with E-state index in [9.17, 15) is 0 Å². The van der Waals surface area contributed by atoms with Gasteiger partial charge < -0.3 is 15.0 Å². The standard InChI is InChI=1S/C15H23ClN2O/c1-4-17-15(14-10-18(3)7-8-19-14)12-6-5-11(2)13(16)9-12/h5-6,9,14-15,17H,4,7-8,10H2,1-3H3. The lowest BCUT2D eigenvalue weighted by atomic mass is 9.99. The fourth-order valence-electron chi connectivity index (χ4n) is 2.50. The number of ether oxygens (including phenoxy) is 1. The Balaban J connectivity index is 2.20. The minimum Gasteiger partial charge on any atom is -0.374 e. The number of halogens is 1. The molecular formula is C15H23ClN2O. The van der Waals surface area contributed by atoms with E-state index in [0.29, 0.717) is 0 Å². The van der Waals surface area contributed by atoms with Gasteiger partial charge in [-0.15, -0.1) is 0 Å². The largest absolute Gasteiger partial charge is 0.374 e. The van der Waals surface area contributed by atoms with Crippen LogP contribution in [0.4, 0.5) is 0 Å². The average Bonchev–Trinajstić information content (AvgIpc) is 2.39. The summed E-state index contributed by atoms with van der Waals surface area (Å²) in [6, 6.07) is 6.48. The van der Waals surface area contributed by atoms with Gasteiger partial charge in [-0.1, -0.05) is 30.7 Å². The van der Waals surface area contributed by atoms with Crippen molar-refractivity contribution in [3.8, 4) is 0 Å². The predicted molar refractivity (Wildman–Crippen MR) is 79.8 cm³/mol. The molecule has 2 atom stereocenters. The Bertz CT molecular complexity index is 425. The molecule has 1 N–H and O–H groups in total. The molecule has 4 heteroatoms. The summed E-state index contributed by atoms with van der Waals surface area (Å²) < 4.78 is 5.94. The molecule has 0 bridgehead atoms. The summed E-state index contributed by atoms with van der Waals surface area (Å²) in [6.07, 6.45) is 0.178. The van der Waals surface area contributed by atoms with E-state index in [0.717, 1.165) is 36.8 Å². The maximum atomic E-state index is 6.25. The van der Waals surface area contributed by atoms with Gasteiger partial charge in [-0.05, 0) is 37.7 Å². The number of likely N-dealkylation sites (N-methyl/N-ethyl adjacent to an activating group) is 2. The quantitative estimate of drug-likeness (QED) is 0.919. The summed E-state index contributed by atoms with van der Waals surface area (Å²) in [4.78, 5) is 2.31. The maximum Gasteiger partial charge on any atom is 0.0896 e. The van der Waals surface area contributed by atoms with Gasteiger partial charge in [0.1, 0.15) is 0 Å². The zero-order valence-electron chi connectivity index (χ0n) is 11.9. The molecule has 1 heterocycles. The number of hydrogen-bond acceptors (Lipinski definition) is 3.